The standard InChI is InChI=1S/C15H17F2N7O3/c16-14(17)27-12-7-11(21-22-12)18-10-2-1-9-13(19-10)24(23-20-9)8-15(25)3-5-26-6-4-15/h1-2,7,14,25H,3-6,8H2,(H2,18,19,21,22). The first-order valence-corrected chi connectivity index (χ1v) is 8.28. The third kappa shape index (κ3) is 3.95. The van der Waals surface area contributed by atoms with Gasteiger partial charge in [0.1, 0.15) is 17.2 Å². The zero-order valence-corrected chi connectivity index (χ0v) is 14.1. The second-order valence-electron chi connectivity index (χ2n) is 6.25. The van der Waals surface area contributed by atoms with Crippen molar-refractivity contribution in [2.24, 2.45) is 0 Å². The monoisotopic (exact) mass is 381 g/mol. The molecule has 0 unspecified atom stereocenters. The maximum Gasteiger partial charge on any atom is 0.388 e. The first-order chi connectivity index (χ1) is 13.0. The van der Waals surface area contributed by atoms with Gasteiger partial charge in [0.05, 0.1) is 12.1 Å². The summed E-state index contributed by atoms with van der Waals surface area (Å²) in [5.41, 5.74) is 0.139. The van der Waals surface area contributed by atoms with Gasteiger partial charge in [-0.2, -0.15) is 8.78 Å². The van der Waals surface area contributed by atoms with Crippen molar-refractivity contribution >= 4 is 22.8 Å². The number of aromatic amines is 1. The molecule has 10 nitrogen and oxygen atoms in total. The van der Waals surface area contributed by atoms with Crippen LogP contribution >= 0.6 is 0 Å². The summed E-state index contributed by atoms with van der Waals surface area (Å²) in [6, 6.07) is 4.67. The average molecular weight is 381 g/mol. The summed E-state index contributed by atoms with van der Waals surface area (Å²) in [7, 11) is 0. The van der Waals surface area contributed by atoms with Gasteiger partial charge in [0.25, 0.3) is 0 Å². The van der Waals surface area contributed by atoms with Crippen molar-refractivity contribution in [2.75, 3.05) is 18.5 Å². The predicted octanol–water partition coefficient (Wildman–Crippen LogP) is 1.44. The van der Waals surface area contributed by atoms with E-state index in [1.807, 2.05) is 0 Å². The van der Waals surface area contributed by atoms with Gasteiger partial charge in [0, 0.05) is 32.1 Å². The van der Waals surface area contributed by atoms with Crippen LogP contribution in [0.1, 0.15) is 12.8 Å². The van der Waals surface area contributed by atoms with E-state index in [0.29, 0.717) is 48.9 Å². The number of ether oxygens (including phenoxy) is 2. The summed E-state index contributed by atoms with van der Waals surface area (Å²) in [4.78, 5) is 4.45. The Labute approximate surface area is 151 Å². The van der Waals surface area contributed by atoms with E-state index in [-0.39, 0.29) is 12.4 Å². The molecule has 1 aliphatic heterocycles. The van der Waals surface area contributed by atoms with E-state index in [9.17, 15) is 13.9 Å². The number of rotatable bonds is 6. The Bertz CT molecular complexity index is 923. The van der Waals surface area contributed by atoms with Crippen molar-refractivity contribution in [3.05, 3.63) is 18.2 Å². The molecule has 4 heterocycles. The molecular formula is C15H17F2N7O3. The molecule has 0 radical (unpaired) electrons. The lowest BCUT2D eigenvalue weighted by molar-refractivity contribution is -0.0741. The Hall–Kier alpha value is -2.86. The lowest BCUT2D eigenvalue weighted by Gasteiger charge is -2.31. The minimum absolute atomic E-state index is 0.234. The molecule has 0 amide bonds. The van der Waals surface area contributed by atoms with E-state index in [4.69, 9.17) is 4.74 Å². The molecule has 0 aliphatic carbocycles. The molecule has 4 rings (SSSR count). The van der Waals surface area contributed by atoms with Gasteiger partial charge in [-0.25, -0.2) is 9.67 Å². The molecule has 3 aromatic rings. The van der Waals surface area contributed by atoms with Crippen LogP contribution in [0.25, 0.3) is 11.2 Å². The summed E-state index contributed by atoms with van der Waals surface area (Å²) in [5, 5.41) is 27.9. The third-order valence-electron chi connectivity index (χ3n) is 4.25. The average Bonchev–Trinajstić information content (AvgIpc) is 3.22. The number of pyridine rings is 1. The van der Waals surface area contributed by atoms with Gasteiger partial charge in [0.2, 0.25) is 5.88 Å². The number of fused-ring (bicyclic) bond motifs is 1. The second-order valence-corrected chi connectivity index (χ2v) is 6.25. The Morgan fingerprint density at radius 2 is 2.19 bits per heavy atom. The zero-order valence-electron chi connectivity index (χ0n) is 14.1. The first kappa shape index (κ1) is 17.5. The maximum absolute atomic E-state index is 12.2. The highest BCUT2D eigenvalue weighted by molar-refractivity contribution is 5.73. The Morgan fingerprint density at radius 1 is 1.37 bits per heavy atom. The van der Waals surface area contributed by atoms with E-state index in [0.717, 1.165) is 0 Å². The van der Waals surface area contributed by atoms with Crippen LogP contribution in [-0.4, -0.2) is 60.7 Å². The smallest absolute Gasteiger partial charge is 0.388 e. The quantitative estimate of drug-likeness (QED) is 0.586. The number of hydrogen-bond acceptors (Lipinski definition) is 8. The number of alkyl halides is 2. The highest BCUT2D eigenvalue weighted by Gasteiger charge is 2.31. The van der Waals surface area contributed by atoms with E-state index < -0.39 is 12.2 Å². The Morgan fingerprint density at radius 3 is 2.96 bits per heavy atom. The van der Waals surface area contributed by atoms with Crippen molar-refractivity contribution in [2.45, 2.75) is 31.6 Å². The van der Waals surface area contributed by atoms with Crippen molar-refractivity contribution in [3.63, 3.8) is 0 Å². The molecule has 0 atom stereocenters. The number of halogens is 2. The molecule has 1 saturated heterocycles. The van der Waals surface area contributed by atoms with Gasteiger partial charge < -0.3 is 19.9 Å². The fraction of sp³-hybridized carbons (Fsp3) is 0.467. The molecule has 0 aromatic carbocycles. The normalized spacial score (nSPS) is 16.7. The fourth-order valence-electron chi connectivity index (χ4n) is 2.87. The number of nitrogens with one attached hydrogen (secondary N) is 2. The van der Waals surface area contributed by atoms with Crippen LogP contribution in [0.2, 0.25) is 0 Å². The number of nitrogens with zero attached hydrogens (tertiary/aromatic N) is 5. The maximum atomic E-state index is 12.2. The predicted molar refractivity (Wildman–Crippen MR) is 88.8 cm³/mol. The van der Waals surface area contributed by atoms with Gasteiger partial charge in [0.15, 0.2) is 5.65 Å². The van der Waals surface area contributed by atoms with Crippen LogP contribution in [0, 0.1) is 0 Å². The molecule has 12 heteroatoms. The third-order valence-corrected chi connectivity index (χ3v) is 4.25. The Balaban J connectivity index is 1.53. The molecule has 27 heavy (non-hydrogen) atoms. The van der Waals surface area contributed by atoms with Gasteiger partial charge >= 0.3 is 6.61 Å². The van der Waals surface area contributed by atoms with Gasteiger partial charge in [-0.3, -0.25) is 5.10 Å². The number of H-pyrrole nitrogens is 1. The Kier molecular flexibility index (Phi) is 4.58. The van der Waals surface area contributed by atoms with Crippen LogP contribution in [0.15, 0.2) is 18.2 Å². The largest absolute Gasteiger partial charge is 0.415 e. The highest BCUT2D eigenvalue weighted by Crippen LogP contribution is 2.25. The van der Waals surface area contributed by atoms with Gasteiger partial charge in [-0.05, 0) is 12.1 Å². The van der Waals surface area contributed by atoms with E-state index >= 15 is 0 Å². The number of hydrogen-bond donors (Lipinski definition) is 3. The van der Waals surface area contributed by atoms with Crippen LogP contribution in [0.4, 0.5) is 20.4 Å². The molecule has 3 aromatic heterocycles. The second kappa shape index (κ2) is 7.04. The summed E-state index contributed by atoms with van der Waals surface area (Å²) in [6.07, 6.45) is 1.01. The minimum Gasteiger partial charge on any atom is -0.415 e. The lowest BCUT2D eigenvalue weighted by Crippen LogP contribution is -2.40. The van der Waals surface area contributed by atoms with Crippen LogP contribution in [0.5, 0.6) is 5.88 Å². The number of anilines is 2. The highest BCUT2D eigenvalue weighted by atomic mass is 19.3. The fourth-order valence-corrected chi connectivity index (χ4v) is 2.87. The van der Waals surface area contributed by atoms with Crippen molar-refractivity contribution in [3.8, 4) is 5.88 Å². The van der Waals surface area contributed by atoms with E-state index in [2.05, 4.69) is 35.5 Å². The SMILES string of the molecule is OC1(Cn2nnc3ccc(Nc4cc(OC(F)F)n[nH]4)nc32)CCOCC1. The molecule has 144 valence electrons. The summed E-state index contributed by atoms with van der Waals surface area (Å²) >= 11 is 0. The summed E-state index contributed by atoms with van der Waals surface area (Å²) in [5.74, 6) is 0.527. The van der Waals surface area contributed by atoms with Crippen LogP contribution in [0.3, 0.4) is 0 Å². The summed E-state index contributed by atoms with van der Waals surface area (Å²) in [6.45, 7) is -1.72. The van der Waals surface area contributed by atoms with Crippen LogP contribution in [-0.2, 0) is 11.3 Å². The molecule has 1 fully saturated rings. The first-order valence-electron chi connectivity index (χ1n) is 8.28. The molecular weight excluding hydrogens is 364 g/mol. The lowest BCUT2D eigenvalue weighted by atomic mass is 9.94. The van der Waals surface area contributed by atoms with Crippen molar-refractivity contribution in [1.82, 2.24) is 30.2 Å². The van der Waals surface area contributed by atoms with E-state index in [1.54, 1.807) is 16.8 Å². The van der Waals surface area contributed by atoms with Gasteiger partial charge in [-0.1, -0.05) is 5.21 Å². The number of aromatic nitrogens is 6. The minimum atomic E-state index is -2.95. The van der Waals surface area contributed by atoms with E-state index in [1.165, 1.54) is 6.07 Å². The molecule has 0 bridgehead atoms. The van der Waals surface area contributed by atoms with Crippen molar-refractivity contribution < 1.29 is 23.4 Å². The zero-order chi connectivity index (χ0) is 18.9. The molecule has 1 aliphatic rings. The topological polar surface area (TPSA) is 123 Å². The molecule has 0 saturated carbocycles. The number of aliphatic hydroxyl groups is 1. The van der Waals surface area contributed by atoms with Crippen LogP contribution < -0.4 is 10.1 Å². The molecule has 3 N–H and O–H groups in total. The summed E-state index contributed by atoms with van der Waals surface area (Å²) < 4.78 is 35.5. The van der Waals surface area contributed by atoms with Gasteiger partial charge in [-0.15, -0.1) is 10.2 Å². The van der Waals surface area contributed by atoms with Crippen molar-refractivity contribution in [1.29, 1.82) is 0 Å². The molecule has 0 spiro atoms.